The predicted molar refractivity (Wildman–Crippen MR) is 77.3 cm³/mol. The Morgan fingerprint density at radius 1 is 1.37 bits per heavy atom. The van der Waals surface area contributed by atoms with Crippen LogP contribution in [-0.4, -0.2) is 17.9 Å². The number of hydrogen-bond acceptors (Lipinski definition) is 3. The van der Waals surface area contributed by atoms with Gasteiger partial charge in [0.25, 0.3) is 0 Å². The molecule has 0 aromatic heterocycles. The molecule has 0 aliphatic heterocycles. The molecule has 2 amide bonds. The molecule has 0 aliphatic carbocycles. The number of anilines is 2. The maximum Gasteiger partial charge on any atom is 0.224 e. The van der Waals surface area contributed by atoms with Gasteiger partial charge in [0, 0.05) is 25.1 Å². The van der Waals surface area contributed by atoms with Crippen LogP contribution in [0.2, 0.25) is 5.02 Å². The normalized spacial score (nSPS) is 11.8. The van der Waals surface area contributed by atoms with E-state index in [1.165, 1.54) is 6.92 Å². The van der Waals surface area contributed by atoms with Gasteiger partial charge in [-0.1, -0.05) is 11.6 Å². The van der Waals surface area contributed by atoms with Crippen molar-refractivity contribution in [2.75, 3.05) is 10.6 Å². The number of hydrogen-bond donors (Lipinski definition) is 3. The molecule has 4 N–H and O–H groups in total. The third kappa shape index (κ3) is 5.72. The molecular weight excluding hydrogens is 266 g/mol. The van der Waals surface area contributed by atoms with E-state index in [9.17, 15) is 9.59 Å². The minimum Gasteiger partial charge on any atom is -0.328 e. The second-order valence-corrected chi connectivity index (χ2v) is 4.85. The molecule has 0 saturated heterocycles. The molecule has 19 heavy (non-hydrogen) atoms. The van der Waals surface area contributed by atoms with Crippen LogP contribution < -0.4 is 16.4 Å². The molecule has 0 fully saturated rings. The lowest BCUT2D eigenvalue weighted by Crippen LogP contribution is -2.19. The van der Waals surface area contributed by atoms with Crippen molar-refractivity contribution in [3.05, 3.63) is 23.2 Å². The van der Waals surface area contributed by atoms with Crippen molar-refractivity contribution in [3.63, 3.8) is 0 Å². The molecular formula is C13H18ClN3O2. The third-order valence-electron chi connectivity index (χ3n) is 2.39. The summed E-state index contributed by atoms with van der Waals surface area (Å²) in [4.78, 5) is 22.5. The Labute approximate surface area is 117 Å². The van der Waals surface area contributed by atoms with Crippen LogP contribution in [0.1, 0.15) is 26.7 Å². The maximum atomic E-state index is 11.6. The highest BCUT2D eigenvalue weighted by Crippen LogP contribution is 2.25. The largest absolute Gasteiger partial charge is 0.328 e. The summed E-state index contributed by atoms with van der Waals surface area (Å²) in [5, 5.41) is 5.70. The van der Waals surface area contributed by atoms with Gasteiger partial charge in [0.15, 0.2) is 0 Å². The number of amides is 2. The Hall–Kier alpha value is -1.59. The molecule has 0 heterocycles. The highest BCUT2D eigenvalue weighted by Gasteiger charge is 2.07. The number of rotatable bonds is 5. The molecule has 1 rings (SSSR count). The standard InChI is InChI=1S/C13H18ClN3O2/c1-8(15)3-6-13(19)17-10-4-5-12(11(14)7-10)16-9(2)18/h4-5,7-8H,3,6,15H2,1-2H3,(H,16,18)(H,17,19). The smallest absolute Gasteiger partial charge is 0.224 e. The average Bonchev–Trinajstić information content (AvgIpc) is 2.29. The van der Waals surface area contributed by atoms with Crippen molar-refractivity contribution in [1.29, 1.82) is 0 Å². The molecule has 0 spiro atoms. The molecule has 0 aliphatic rings. The first kappa shape index (κ1) is 15.5. The van der Waals surface area contributed by atoms with E-state index < -0.39 is 0 Å². The number of halogens is 1. The van der Waals surface area contributed by atoms with Crippen molar-refractivity contribution < 1.29 is 9.59 Å². The quantitative estimate of drug-likeness (QED) is 0.775. The fraction of sp³-hybridized carbons (Fsp3) is 0.385. The third-order valence-corrected chi connectivity index (χ3v) is 2.70. The van der Waals surface area contributed by atoms with Gasteiger partial charge in [-0.2, -0.15) is 0 Å². The van der Waals surface area contributed by atoms with Crippen molar-refractivity contribution in [2.24, 2.45) is 5.73 Å². The molecule has 0 radical (unpaired) electrons. The van der Waals surface area contributed by atoms with E-state index in [1.807, 2.05) is 6.92 Å². The van der Waals surface area contributed by atoms with Crippen LogP contribution in [0, 0.1) is 0 Å². The molecule has 6 heteroatoms. The van der Waals surface area contributed by atoms with E-state index in [0.717, 1.165) is 0 Å². The summed E-state index contributed by atoms with van der Waals surface area (Å²) in [6.45, 7) is 3.26. The molecule has 1 unspecified atom stereocenters. The topological polar surface area (TPSA) is 84.2 Å². The van der Waals surface area contributed by atoms with Crippen LogP contribution in [0.4, 0.5) is 11.4 Å². The van der Waals surface area contributed by atoms with Gasteiger partial charge in [0.1, 0.15) is 0 Å². The van der Waals surface area contributed by atoms with E-state index in [4.69, 9.17) is 17.3 Å². The molecule has 1 atom stereocenters. The monoisotopic (exact) mass is 283 g/mol. The molecule has 5 nitrogen and oxygen atoms in total. The zero-order chi connectivity index (χ0) is 14.4. The zero-order valence-electron chi connectivity index (χ0n) is 11.0. The lowest BCUT2D eigenvalue weighted by molar-refractivity contribution is -0.116. The molecule has 0 bridgehead atoms. The number of nitrogens with two attached hydrogens (primary N) is 1. The van der Waals surface area contributed by atoms with Crippen molar-refractivity contribution in [2.45, 2.75) is 32.7 Å². The molecule has 104 valence electrons. The van der Waals surface area contributed by atoms with Gasteiger partial charge in [-0.05, 0) is 31.5 Å². The van der Waals surface area contributed by atoms with Gasteiger partial charge in [-0.15, -0.1) is 0 Å². The Kier molecular flexibility index (Phi) is 5.79. The van der Waals surface area contributed by atoms with Crippen LogP contribution in [0.15, 0.2) is 18.2 Å². The van der Waals surface area contributed by atoms with Gasteiger partial charge in [-0.25, -0.2) is 0 Å². The first-order valence-electron chi connectivity index (χ1n) is 6.01. The van der Waals surface area contributed by atoms with Crippen LogP contribution in [-0.2, 0) is 9.59 Å². The minimum atomic E-state index is -0.199. The summed E-state index contributed by atoms with van der Waals surface area (Å²) in [7, 11) is 0. The number of carbonyl (C=O) groups excluding carboxylic acids is 2. The van der Waals surface area contributed by atoms with E-state index in [1.54, 1.807) is 18.2 Å². The summed E-state index contributed by atoms with van der Waals surface area (Å²) in [6, 6.07) is 4.92. The Morgan fingerprint density at radius 3 is 2.58 bits per heavy atom. The summed E-state index contributed by atoms with van der Waals surface area (Å²) < 4.78 is 0. The van der Waals surface area contributed by atoms with Crippen molar-refractivity contribution in [3.8, 4) is 0 Å². The lowest BCUT2D eigenvalue weighted by atomic mass is 10.2. The Morgan fingerprint density at radius 2 is 2.05 bits per heavy atom. The maximum absolute atomic E-state index is 11.6. The van der Waals surface area contributed by atoms with Crippen LogP contribution in [0.3, 0.4) is 0 Å². The van der Waals surface area contributed by atoms with Gasteiger partial charge < -0.3 is 16.4 Å². The lowest BCUT2D eigenvalue weighted by Gasteiger charge is -2.09. The highest BCUT2D eigenvalue weighted by atomic mass is 35.5. The Balaban J connectivity index is 2.63. The summed E-state index contributed by atoms with van der Waals surface area (Å²) in [5.74, 6) is -0.309. The summed E-state index contributed by atoms with van der Waals surface area (Å²) in [6.07, 6.45) is 0.992. The van der Waals surface area contributed by atoms with E-state index in [0.29, 0.717) is 29.2 Å². The van der Waals surface area contributed by atoms with Crippen molar-refractivity contribution in [1.82, 2.24) is 0 Å². The number of carbonyl (C=O) groups is 2. The molecule has 1 aromatic carbocycles. The molecule has 1 aromatic rings. The SMILES string of the molecule is CC(=O)Nc1ccc(NC(=O)CCC(C)N)cc1Cl. The molecule has 0 saturated carbocycles. The zero-order valence-corrected chi connectivity index (χ0v) is 11.8. The fourth-order valence-corrected chi connectivity index (χ4v) is 1.69. The highest BCUT2D eigenvalue weighted by molar-refractivity contribution is 6.34. The minimum absolute atomic E-state index is 0.00326. The summed E-state index contributed by atoms with van der Waals surface area (Å²) >= 11 is 6.00. The van der Waals surface area contributed by atoms with Gasteiger partial charge in [-0.3, -0.25) is 9.59 Å². The van der Waals surface area contributed by atoms with Gasteiger partial charge in [0.05, 0.1) is 10.7 Å². The first-order valence-corrected chi connectivity index (χ1v) is 6.39. The number of benzene rings is 1. The summed E-state index contributed by atoms with van der Waals surface area (Å²) in [5.41, 5.74) is 6.69. The van der Waals surface area contributed by atoms with Gasteiger partial charge in [0.2, 0.25) is 11.8 Å². The van der Waals surface area contributed by atoms with Crippen molar-refractivity contribution >= 4 is 34.8 Å². The second kappa shape index (κ2) is 7.11. The van der Waals surface area contributed by atoms with Crippen LogP contribution in [0.25, 0.3) is 0 Å². The Bertz CT molecular complexity index is 475. The van der Waals surface area contributed by atoms with E-state index in [-0.39, 0.29) is 17.9 Å². The second-order valence-electron chi connectivity index (χ2n) is 4.44. The first-order chi connectivity index (χ1) is 8.88. The van der Waals surface area contributed by atoms with E-state index in [2.05, 4.69) is 10.6 Å². The number of nitrogens with one attached hydrogen (secondary N) is 2. The van der Waals surface area contributed by atoms with E-state index >= 15 is 0 Å². The van der Waals surface area contributed by atoms with Gasteiger partial charge >= 0.3 is 0 Å². The predicted octanol–water partition coefficient (Wildman–Crippen LogP) is 2.36. The van der Waals surface area contributed by atoms with Crippen LogP contribution in [0.5, 0.6) is 0 Å². The average molecular weight is 284 g/mol. The fourth-order valence-electron chi connectivity index (χ4n) is 1.47. The van der Waals surface area contributed by atoms with Crippen LogP contribution >= 0.6 is 11.6 Å².